The molecule has 2 aliphatic carbocycles. The van der Waals surface area contributed by atoms with Crippen molar-refractivity contribution in [2.75, 3.05) is 40.1 Å². The number of nitrogens with zero attached hydrogens (tertiary/aromatic N) is 2. The van der Waals surface area contributed by atoms with Gasteiger partial charge in [-0.15, -0.1) is 0 Å². The molecule has 0 radical (unpaired) electrons. The minimum atomic E-state index is -4.35. The summed E-state index contributed by atoms with van der Waals surface area (Å²) in [6.07, 6.45) is 4.72. The number of carboxylic acid groups (broad SMARTS) is 1. The van der Waals surface area contributed by atoms with E-state index < -0.39 is 80.8 Å². The van der Waals surface area contributed by atoms with Crippen LogP contribution in [-0.4, -0.2) is 128 Å². The topological polar surface area (TPSA) is 250 Å². The van der Waals surface area contributed by atoms with Crippen LogP contribution in [0.3, 0.4) is 0 Å². The molecule has 0 bridgehead atoms. The van der Waals surface area contributed by atoms with E-state index in [0.717, 1.165) is 10.8 Å². The van der Waals surface area contributed by atoms with E-state index in [-0.39, 0.29) is 61.7 Å². The predicted molar refractivity (Wildman–Crippen MR) is 257 cm³/mol. The number of methoxy groups -OCH3 is 1. The summed E-state index contributed by atoms with van der Waals surface area (Å²) in [4.78, 5) is 84.9. The molecule has 7 rings (SSSR count). The number of carboxylic acids is 1. The summed E-state index contributed by atoms with van der Waals surface area (Å²) >= 11 is 0. The van der Waals surface area contributed by atoms with Gasteiger partial charge in [-0.25, -0.2) is 9.71 Å². The van der Waals surface area contributed by atoms with Crippen LogP contribution in [0.25, 0.3) is 10.8 Å². The van der Waals surface area contributed by atoms with Gasteiger partial charge in [0, 0.05) is 50.9 Å². The van der Waals surface area contributed by atoms with E-state index in [0.29, 0.717) is 89.4 Å². The van der Waals surface area contributed by atoms with Gasteiger partial charge in [0.1, 0.15) is 23.1 Å². The van der Waals surface area contributed by atoms with Crippen molar-refractivity contribution in [1.29, 1.82) is 0 Å². The van der Waals surface area contributed by atoms with Crippen molar-refractivity contribution in [3.8, 4) is 11.6 Å². The van der Waals surface area contributed by atoms with Gasteiger partial charge >= 0.3 is 28.2 Å². The zero-order chi connectivity index (χ0) is 51.9. The number of rotatable bonds is 19. The number of benzene rings is 1. The molecule has 2 N–H and O–H groups in total. The molecule has 0 spiro atoms. The summed E-state index contributed by atoms with van der Waals surface area (Å²) in [5.41, 5.74) is -2.59. The van der Waals surface area contributed by atoms with E-state index in [1.165, 1.54) is 4.90 Å². The highest BCUT2D eigenvalue weighted by atomic mass is 32.2. The number of ether oxygens (including phenoxy) is 6. The third-order valence-corrected chi connectivity index (χ3v) is 14.7. The summed E-state index contributed by atoms with van der Waals surface area (Å²) in [5.74, 6) is -4.26. The van der Waals surface area contributed by atoms with Gasteiger partial charge in [-0.05, 0) is 134 Å². The van der Waals surface area contributed by atoms with Gasteiger partial charge < -0.3 is 38.4 Å². The normalized spacial score (nSPS) is 23.9. The van der Waals surface area contributed by atoms with Crippen LogP contribution >= 0.6 is 0 Å². The number of nitrogens with one attached hydrogen (secondary N) is 1. The molecule has 1 aromatic carbocycles. The first-order valence-corrected chi connectivity index (χ1v) is 26.3. The van der Waals surface area contributed by atoms with Gasteiger partial charge in [0.25, 0.3) is 0 Å². The highest BCUT2D eigenvalue weighted by molar-refractivity contribution is 7.85. The van der Waals surface area contributed by atoms with E-state index in [2.05, 4.69) is 9.71 Å². The van der Waals surface area contributed by atoms with Crippen LogP contribution in [0.1, 0.15) is 126 Å². The largest absolute Gasteiger partial charge is 0.497 e. The Kier molecular flexibility index (Phi) is 18.2. The zero-order valence-electron chi connectivity index (χ0n) is 42.4. The molecule has 20 heteroatoms. The van der Waals surface area contributed by atoms with Gasteiger partial charge in [0.2, 0.25) is 17.7 Å². The predicted octanol–water partition coefficient (Wildman–Crippen LogP) is 6.13. The number of ketones is 1. The Labute approximate surface area is 416 Å². The molecule has 394 valence electrons. The van der Waals surface area contributed by atoms with E-state index >= 15 is 0 Å². The van der Waals surface area contributed by atoms with Gasteiger partial charge in [0.15, 0.2) is 5.78 Å². The molecule has 3 aliphatic heterocycles. The maximum Gasteiger partial charge on any atom is 0.362 e. The molecule has 2 aromatic rings. The quantitative estimate of drug-likeness (QED) is 0.150. The van der Waals surface area contributed by atoms with Crippen LogP contribution in [0.4, 0.5) is 0 Å². The molecule has 5 aliphatic rings. The van der Waals surface area contributed by atoms with Crippen molar-refractivity contribution in [2.45, 2.75) is 155 Å². The van der Waals surface area contributed by atoms with Gasteiger partial charge in [0.05, 0.1) is 55.9 Å². The molecule has 3 saturated heterocycles. The van der Waals surface area contributed by atoms with Crippen LogP contribution < -0.4 is 14.2 Å². The fraction of sp³-hybridized carbons (Fsp3) is 0.706. The fourth-order valence-corrected chi connectivity index (χ4v) is 11.0. The lowest BCUT2D eigenvalue weighted by Crippen LogP contribution is -2.48. The maximum absolute atomic E-state index is 14.7. The summed E-state index contributed by atoms with van der Waals surface area (Å²) in [6.45, 7) is 14.6. The monoisotopic (exact) mass is 1020 g/mol. The smallest absolute Gasteiger partial charge is 0.362 e. The Balaban J connectivity index is 0.000000387. The number of amides is 2. The molecule has 71 heavy (non-hydrogen) atoms. The molecular weight excluding hydrogens is 943 g/mol. The van der Waals surface area contributed by atoms with Crippen molar-refractivity contribution in [1.82, 2.24) is 14.6 Å². The molecule has 6 atom stereocenters. The first-order chi connectivity index (χ1) is 33.4. The Morgan fingerprint density at radius 2 is 1.42 bits per heavy atom. The second kappa shape index (κ2) is 23.3. The SMILES string of the molecule is CC(C)(C)OC(=O)C[C@H](C(=O)O)C1CCOCC1.CC[C@@H]1C[C@]1(CC(=O)[C@@H]1C[C@@H](Oc2nccc3cc(OC)ccc23)CN1C(=O)[C@@H](CC(=O)OC(C)(C)C)C1CCOCC1)C(=O)NS(=O)(=O)OC1CC1. The lowest BCUT2D eigenvalue weighted by molar-refractivity contribution is -0.162. The molecule has 2 saturated carbocycles. The first-order valence-electron chi connectivity index (χ1n) is 24.9. The van der Waals surface area contributed by atoms with E-state index in [9.17, 15) is 42.3 Å². The number of esters is 2. The minimum Gasteiger partial charge on any atom is -0.497 e. The lowest BCUT2D eigenvalue weighted by atomic mass is 9.82. The minimum absolute atomic E-state index is 0.00349. The highest BCUT2D eigenvalue weighted by Gasteiger charge is 2.61. The molecule has 2 amide bonds. The van der Waals surface area contributed by atoms with Gasteiger partial charge in [-0.3, -0.25) is 33.0 Å². The summed E-state index contributed by atoms with van der Waals surface area (Å²) < 4.78 is 65.8. The number of aliphatic carboxylic acids is 1. The number of hydrogen-bond acceptors (Lipinski definition) is 16. The fourth-order valence-electron chi connectivity index (χ4n) is 9.93. The van der Waals surface area contributed by atoms with Crippen LogP contribution in [-0.2, 0) is 62.2 Å². The number of carbonyl (C=O) groups excluding carboxylic acids is 5. The second-order valence-electron chi connectivity index (χ2n) is 21.5. The third kappa shape index (κ3) is 15.5. The van der Waals surface area contributed by atoms with Crippen LogP contribution in [0.2, 0.25) is 0 Å². The summed E-state index contributed by atoms with van der Waals surface area (Å²) in [5, 5.41) is 10.8. The van der Waals surface area contributed by atoms with Crippen LogP contribution in [0.5, 0.6) is 11.6 Å². The number of Topliss-reactive ketones (excluding diaryl/α,β-unsaturated/α-hetero) is 1. The Bertz CT molecular complexity index is 2350. The van der Waals surface area contributed by atoms with Gasteiger partial charge in [-0.2, -0.15) is 8.42 Å². The standard InChI is InChI=1S/C38H51N3O11S.C13H22O5/c1-6-25-20-38(25,36(45)40-53(46,47)52-26-7-8-26)21-32(42)31-18-28(50-34-29-10-9-27(48-5)17-24(29)11-14-39-34)22-41(31)35(44)30(23-12-15-49-16-13-23)19-33(43)51-37(2,3)4;1-13(2,3)18-11(14)8-10(12(15)16)9-4-6-17-7-5-9/h9-11,14,17,23,25-26,28,30-31H,6-8,12-13,15-16,18-22H2,1-5H3,(H,40,45);9-10H,4-8H2,1-3H3,(H,15,16)/t25-,28-,30+,31+,38-;10-/m10/s1. The Morgan fingerprint density at radius 3 is 1.94 bits per heavy atom. The maximum atomic E-state index is 14.7. The Hall–Kier alpha value is -4.92. The van der Waals surface area contributed by atoms with Crippen LogP contribution in [0, 0.1) is 35.0 Å². The number of carbonyl (C=O) groups is 6. The molecule has 4 heterocycles. The van der Waals surface area contributed by atoms with Crippen molar-refractivity contribution < 1.29 is 74.9 Å². The van der Waals surface area contributed by atoms with Crippen molar-refractivity contribution in [2.24, 2.45) is 35.0 Å². The van der Waals surface area contributed by atoms with Crippen molar-refractivity contribution in [3.63, 3.8) is 0 Å². The third-order valence-electron chi connectivity index (χ3n) is 13.7. The number of pyridine rings is 1. The molecular formula is C51H73N3O16S. The number of fused-ring (bicyclic) bond motifs is 1. The number of hydrogen-bond donors (Lipinski definition) is 2. The average molecular weight is 1020 g/mol. The number of likely N-dealkylation sites (tertiary alicyclic amines) is 1. The molecule has 0 unspecified atom stereocenters. The van der Waals surface area contributed by atoms with E-state index in [1.807, 2.05) is 25.1 Å². The van der Waals surface area contributed by atoms with Crippen molar-refractivity contribution >= 4 is 56.6 Å². The second-order valence-corrected chi connectivity index (χ2v) is 22.8. The molecule has 1 aromatic heterocycles. The highest BCUT2D eigenvalue weighted by Crippen LogP contribution is 2.58. The molecule has 5 fully saturated rings. The zero-order valence-corrected chi connectivity index (χ0v) is 43.2. The summed E-state index contributed by atoms with van der Waals surface area (Å²) in [6, 6.07) is 6.32. The van der Waals surface area contributed by atoms with Crippen LogP contribution in [0.15, 0.2) is 30.5 Å². The summed E-state index contributed by atoms with van der Waals surface area (Å²) in [7, 11) is -2.77. The van der Waals surface area contributed by atoms with E-state index in [4.69, 9.17) is 32.6 Å². The van der Waals surface area contributed by atoms with Gasteiger partial charge in [-0.1, -0.05) is 13.3 Å². The van der Waals surface area contributed by atoms with E-state index in [1.54, 1.807) is 60.9 Å². The molecule has 19 nitrogen and oxygen atoms in total. The first kappa shape index (κ1) is 55.4. The number of aromatic nitrogens is 1. The Morgan fingerprint density at radius 1 is 0.845 bits per heavy atom. The van der Waals surface area contributed by atoms with Crippen molar-refractivity contribution in [3.05, 3.63) is 30.5 Å². The lowest BCUT2D eigenvalue weighted by Gasteiger charge is -2.34. The average Bonchev–Trinajstić information content (AvgIpc) is 4.22.